The van der Waals surface area contributed by atoms with Crippen LogP contribution in [-0.2, 0) is 0 Å². The Morgan fingerprint density at radius 3 is 2.71 bits per heavy atom. The molecule has 0 N–H and O–H groups in total. The van der Waals surface area contributed by atoms with Gasteiger partial charge in [0.05, 0.1) is 5.56 Å². The van der Waals surface area contributed by atoms with E-state index in [0.29, 0.717) is 17.5 Å². The van der Waals surface area contributed by atoms with Gasteiger partial charge in [0.1, 0.15) is 11.9 Å². The summed E-state index contributed by atoms with van der Waals surface area (Å²) in [4.78, 5) is 0.981. The fraction of sp³-hybridized carbons (Fsp3) is 0.438. The van der Waals surface area contributed by atoms with E-state index < -0.39 is 0 Å². The van der Waals surface area contributed by atoms with E-state index in [1.165, 1.54) is 25.7 Å². The van der Waals surface area contributed by atoms with Gasteiger partial charge in [-0.1, -0.05) is 6.07 Å². The fourth-order valence-corrected chi connectivity index (χ4v) is 3.65. The average Bonchev–Trinajstić information content (AvgIpc) is 3.39. The molecule has 1 aromatic heterocycles. The van der Waals surface area contributed by atoms with Crippen molar-refractivity contribution in [2.75, 3.05) is 0 Å². The molecule has 21 heavy (non-hydrogen) atoms. The molecule has 1 aromatic carbocycles. The number of hydrogen-bond acceptors (Lipinski definition) is 4. The van der Waals surface area contributed by atoms with E-state index in [1.54, 1.807) is 11.8 Å². The molecule has 0 bridgehead atoms. The first-order valence-corrected chi connectivity index (χ1v) is 8.21. The van der Waals surface area contributed by atoms with E-state index in [9.17, 15) is 5.26 Å². The summed E-state index contributed by atoms with van der Waals surface area (Å²) in [7, 11) is 0. The smallest absolute Gasteiger partial charge is 0.196 e. The Hall–Kier alpha value is -1.80. The van der Waals surface area contributed by atoms with Crippen molar-refractivity contribution < 1.29 is 0 Å². The lowest BCUT2D eigenvalue weighted by atomic mass is 10.2. The van der Waals surface area contributed by atoms with E-state index >= 15 is 0 Å². The minimum absolute atomic E-state index is 0.577. The van der Waals surface area contributed by atoms with E-state index in [1.807, 2.05) is 19.1 Å². The van der Waals surface area contributed by atoms with Crippen molar-refractivity contribution in [3.8, 4) is 6.07 Å². The Kier molecular flexibility index (Phi) is 3.00. The number of nitriles is 1. The first kappa shape index (κ1) is 12.9. The fourth-order valence-electron chi connectivity index (χ4n) is 2.56. The van der Waals surface area contributed by atoms with Crippen LogP contribution in [0.4, 0.5) is 0 Å². The number of rotatable bonds is 4. The minimum Gasteiger partial charge on any atom is -0.302 e. The molecule has 2 aliphatic carbocycles. The number of hydrogen-bond donors (Lipinski definition) is 0. The zero-order valence-corrected chi connectivity index (χ0v) is 12.7. The van der Waals surface area contributed by atoms with Gasteiger partial charge in [-0.15, -0.1) is 10.2 Å². The molecule has 4 nitrogen and oxygen atoms in total. The number of aromatic nitrogens is 3. The predicted octanol–water partition coefficient (Wildman–Crippen LogP) is 3.82. The molecule has 0 unspecified atom stereocenters. The molecule has 1 heterocycles. The summed E-state index contributed by atoms with van der Waals surface area (Å²) in [6.45, 7) is 2.05. The highest BCUT2D eigenvalue weighted by Gasteiger charge is 2.36. The third-order valence-corrected chi connectivity index (χ3v) is 5.02. The van der Waals surface area contributed by atoms with Crippen LogP contribution in [-0.4, -0.2) is 14.8 Å². The maximum absolute atomic E-state index is 9.28. The van der Waals surface area contributed by atoms with Crippen LogP contribution < -0.4 is 0 Å². The lowest BCUT2D eigenvalue weighted by molar-refractivity contribution is 0.627. The van der Waals surface area contributed by atoms with Crippen LogP contribution in [0.25, 0.3) is 0 Å². The van der Waals surface area contributed by atoms with Gasteiger partial charge in [-0.05, 0) is 62.1 Å². The Balaban J connectivity index is 1.72. The number of aryl methyl sites for hydroxylation is 1. The molecule has 4 rings (SSSR count). The predicted molar refractivity (Wildman–Crippen MR) is 80.3 cm³/mol. The van der Waals surface area contributed by atoms with Crippen molar-refractivity contribution in [3.63, 3.8) is 0 Å². The van der Waals surface area contributed by atoms with Gasteiger partial charge in [0, 0.05) is 16.9 Å². The van der Waals surface area contributed by atoms with Crippen molar-refractivity contribution in [2.45, 2.75) is 54.6 Å². The molecular formula is C16H16N4S. The molecule has 0 spiro atoms. The van der Waals surface area contributed by atoms with Crippen molar-refractivity contribution in [3.05, 3.63) is 35.2 Å². The van der Waals surface area contributed by atoms with Gasteiger partial charge in [0.2, 0.25) is 0 Å². The summed E-state index contributed by atoms with van der Waals surface area (Å²) < 4.78 is 2.33. The Labute approximate surface area is 128 Å². The molecule has 2 saturated carbocycles. The average molecular weight is 296 g/mol. The summed E-state index contributed by atoms with van der Waals surface area (Å²) in [5, 5.41) is 19.0. The zero-order valence-electron chi connectivity index (χ0n) is 11.9. The van der Waals surface area contributed by atoms with Gasteiger partial charge in [-0.3, -0.25) is 0 Å². The highest BCUT2D eigenvalue weighted by Crippen LogP contribution is 2.46. The normalized spacial score (nSPS) is 17.7. The molecule has 5 heteroatoms. The van der Waals surface area contributed by atoms with Crippen LogP contribution in [0, 0.1) is 18.3 Å². The van der Waals surface area contributed by atoms with Crippen LogP contribution in [0.3, 0.4) is 0 Å². The quantitative estimate of drug-likeness (QED) is 0.860. The lowest BCUT2D eigenvalue weighted by Crippen LogP contribution is -2.01. The summed E-state index contributed by atoms with van der Waals surface area (Å²) in [6, 6.07) is 8.77. The summed E-state index contributed by atoms with van der Waals surface area (Å²) >= 11 is 1.58. The molecular weight excluding hydrogens is 280 g/mol. The first-order valence-electron chi connectivity index (χ1n) is 7.39. The maximum Gasteiger partial charge on any atom is 0.196 e. The van der Waals surface area contributed by atoms with Crippen LogP contribution in [0.15, 0.2) is 28.3 Å². The third kappa shape index (κ3) is 2.44. The summed E-state index contributed by atoms with van der Waals surface area (Å²) in [6.07, 6.45) is 4.93. The van der Waals surface area contributed by atoms with E-state index in [-0.39, 0.29) is 0 Å². The van der Waals surface area contributed by atoms with Crippen LogP contribution in [0.5, 0.6) is 0 Å². The van der Waals surface area contributed by atoms with Crippen molar-refractivity contribution in [1.29, 1.82) is 5.26 Å². The summed E-state index contributed by atoms with van der Waals surface area (Å²) in [5.74, 6) is 1.77. The third-order valence-electron chi connectivity index (χ3n) is 4.00. The van der Waals surface area contributed by atoms with Gasteiger partial charge < -0.3 is 4.57 Å². The zero-order chi connectivity index (χ0) is 14.4. The molecule has 0 atom stereocenters. The van der Waals surface area contributed by atoms with Crippen molar-refractivity contribution in [2.24, 2.45) is 0 Å². The van der Waals surface area contributed by atoms with Crippen LogP contribution in [0.1, 0.15) is 54.6 Å². The van der Waals surface area contributed by atoms with E-state index in [4.69, 9.17) is 0 Å². The van der Waals surface area contributed by atoms with Gasteiger partial charge in [0.15, 0.2) is 5.16 Å². The molecule has 0 radical (unpaired) electrons. The molecule has 0 aliphatic heterocycles. The largest absolute Gasteiger partial charge is 0.302 e. The molecule has 2 fully saturated rings. The SMILES string of the molecule is Cc1ccc(C#N)c(Sc2nnc(C3CC3)n2C2CC2)c1. The highest BCUT2D eigenvalue weighted by atomic mass is 32.2. The minimum atomic E-state index is 0.577. The molecule has 0 amide bonds. The van der Waals surface area contributed by atoms with Crippen molar-refractivity contribution >= 4 is 11.8 Å². The Morgan fingerprint density at radius 2 is 2.05 bits per heavy atom. The second-order valence-corrected chi connectivity index (χ2v) is 6.94. The first-order chi connectivity index (χ1) is 10.3. The number of benzene rings is 1. The second-order valence-electron chi connectivity index (χ2n) is 5.93. The highest BCUT2D eigenvalue weighted by molar-refractivity contribution is 7.99. The maximum atomic E-state index is 9.28. The van der Waals surface area contributed by atoms with E-state index in [0.717, 1.165) is 21.4 Å². The van der Waals surface area contributed by atoms with E-state index in [2.05, 4.69) is 26.9 Å². The molecule has 2 aromatic rings. The van der Waals surface area contributed by atoms with Gasteiger partial charge >= 0.3 is 0 Å². The Bertz CT molecular complexity index is 735. The number of nitrogens with zero attached hydrogens (tertiary/aromatic N) is 4. The topological polar surface area (TPSA) is 54.5 Å². The van der Waals surface area contributed by atoms with Crippen LogP contribution in [0.2, 0.25) is 0 Å². The second kappa shape index (κ2) is 4.88. The van der Waals surface area contributed by atoms with Crippen molar-refractivity contribution in [1.82, 2.24) is 14.8 Å². The van der Waals surface area contributed by atoms with Crippen LogP contribution >= 0.6 is 11.8 Å². The summed E-state index contributed by atoms with van der Waals surface area (Å²) in [5.41, 5.74) is 1.88. The monoisotopic (exact) mass is 296 g/mol. The standard InChI is InChI=1S/C16H16N4S/c1-10-2-3-12(9-17)14(8-10)21-16-19-18-15(11-4-5-11)20(16)13-6-7-13/h2-3,8,11,13H,4-7H2,1H3. The van der Waals surface area contributed by atoms with Gasteiger partial charge in [-0.25, -0.2) is 0 Å². The lowest BCUT2D eigenvalue weighted by Gasteiger charge is -2.09. The molecule has 2 aliphatic rings. The Morgan fingerprint density at radius 1 is 1.24 bits per heavy atom. The van der Waals surface area contributed by atoms with Gasteiger partial charge in [-0.2, -0.15) is 5.26 Å². The molecule has 106 valence electrons. The van der Waals surface area contributed by atoms with Gasteiger partial charge in [0.25, 0.3) is 0 Å². The molecule has 0 saturated heterocycles.